The number of halogens is 2. The fraction of sp³-hybridized carbons (Fsp3) is 0.381. The number of rotatable bonds is 5. The first-order chi connectivity index (χ1) is 13.5. The molecule has 28 heavy (non-hydrogen) atoms. The predicted octanol–water partition coefficient (Wildman–Crippen LogP) is 3.07. The van der Waals surface area contributed by atoms with Crippen LogP contribution in [-0.4, -0.2) is 52.9 Å². The number of hydrogen-bond donors (Lipinski definition) is 1. The molecule has 1 aromatic heterocycles. The lowest BCUT2D eigenvalue weighted by molar-refractivity contribution is -0.139. The third kappa shape index (κ3) is 3.47. The Morgan fingerprint density at radius 1 is 1.11 bits per heavy atom. The molecule has 148 valence electrons. The fourth-order valence-electron chi connectivity index (χ4n) is 4.02. The molecule has 0 radical (unpaired) electrons. The fourth-order valence-corrected chi connectivity index (χ4v) is 4.02. The number of carbonyl (C=O) groups excluding carboxylic acids is 1. The van der Waals surface area contributed by atoms with E-state index in [-0.39, 0.29) is 25.1 Å². The molecule has 7 heteroatoms. The number of β-amino-alcohol motifs (C(OH)–C–C–N with tert-alkyl or cyclic N) is 1. The summed E-state index contributed by atoms with van der Waals surface area (Å²) in [5.74, 6) is -0.805. The summed E-state index contributed by atoms with van der Waals surface area (Å²) in [4.78, 5) is 13.8. The number of aromatic nitrogens is 1. The smallest absolute Gasteiger partial charge is 0.222 e. The number of benzene rings is 2. The molecule has 1 amide bonds. The maximum Gasteiger partial charge on any atom is 0.222 e. The lowest BCUT2D eigenvalue weighted by Crippen LogP contribution is -2.47. The highest BCUT2D eigenvalue weighted by atomic mass is 19.1. The second kappa shape index (κ2) is 7.48. The Kier molecular flexibility index (Phi) is 5.03. The Balaban J connectivity index is 1.64. The van der Waals surface area contributed by atoms with Gasteiger partial charge in [0.25, 0.3) is 0 Å². The molecular weight excluding hydrogens is 366 g/mol. The molecule has 4 rings (SSSR count). The minimum absolute atomic E-state index is 0.00119. The molecule has 5 nitrogen and oxygen atoms in total. The van der Waals surface area contributed by atoms with Crippen molar-refractivity contribution in [3.63, 3.8) is 0 Å². The molecule has 0 aliphatic carbocycles. The zero-order valence-electron chi connectivity index (χ0n) is 15.6. The molecule has 1 N–H and O–H groups in total. The molecule has 1 fully saturated rings. The van der Waals surface area contributed by atoms with E-state index >= 15 is 0 Å². The van der Waals surface area contributed by atoms with E-state index in [1.165, 1.54) is 24.3 Å². The molecule has 2 aromatic carbocycles. The van der Waals surface area contributed by atoms with Gasteiger partial charge < -0.3 is 19.3 Å². The minimum atomic E-state index is -0.825. The number of methoxy groups -OCH3 is 1. The highest BCUT2D eigenvalue weighted by Gasteiger charge is 2.27. The van der Waals surface area contributed by atoms with Crippen molar-refractivity contribution in [2.24, 2.45) is 0 Å². The number of carbonyl (C=O) groups is 1. The van der Waals surface area contributed by atoms with Gasteiger partial charge in [-0.05, 0) is 42.8 Å². The number of fused-ring (bicyclic) bond motifs is 3. The molecule has 1 saturated heterocycles. The van der Waals surface area contributed by atoms with Gasteiger partial charge in [-0.2, -0.15) is 0 Å². The Morgan fingerprint density at radius 2 is 1.71 bits per heavy atom. The Labute approximate surface area is 161 Å². The van der Waals surface area contributed by atoms with Gasteiger partial charge in [0.1, 0.15) is 11.6 Å². The van der Waals surface area contributed by atoms with Gasteiger partial charge >= 0.3 is 0 Å². The summed E-state index contributed by atoms with van der Waals surface area (Å²) in [6, 6.07) is 8.69. The van der Waals surface area contributed by atoms with Crippen molar-refractivity contribution in [1.29, 1.82) is 0 Å². The second-order valence-corrected chi connectivity index (χ2v) is 7.28. The lowest BCUT2D eigenvalue weighted by Gasteiger charge is -2.33. The number of aliphatic hydroxyl groups excluding tert-OH is 1. The normalized spacial score (nSPS) is 18.9. The van der Waals surface area contributed by atoms with Gasteiger partial charge in [-0.15, -0.1) is 0 Å². The van der Waals surface area contributed by atoms with Gasteiger partial charge in [0, 0.05) is 48.4 Å². The Morgan fingerprint density at radius 3 is 2.29 bits per heavy atom. The van der Waals surface area contributed by atoms with Crippen molar-refractivity contribution in [2.75, 3.05) is 20.2 Å². The van der Waals surface area contributed by atoms with E-state index in [0.29, 0.717) is 41.2 Å². The van der Waals surface area contributed by atoms with Gasteiger partial charge in [0.15, 0.2) is 0 Å². The van der Waals surface area contributed by atoms with Crippen LogP contribution >= 0.6 is 0 Å². The molecule has 1 aliphatic rings. The summed E-state index contributed by atoms with van der Waals surface area (Å²) in [5, 5.41) is 11.9. The molecule has 0 saturated carbocycles. The summed E-state index contributed by atoms with van der Waals surface area (Å²) in [7, 11) is 1.62. The van der Waals surface area contributed by atoms with Gasteiger partial charge in [-0.3, -0.25) is 4.79 Å². The van der Waals surface area contributed by atoms with Crippen LogP contribution in [0.1, 0.15) is 12.8 Å². The van der Waals surface area contributed by atoms with Crippen molar-refractivity contribution in [3.8, 4) is 0 Å². The molecule has 0 spiro atoms. The van der Waals surface area contributed by atoms with E-state index < -0.39 is 17.7 Å². The molecule has 1 aliphatic heterocycles. The van der Waals surface area contributed by atoms with Crippen molar-refractivity contribution in [3.05, 3.63) is 48.0 Å². The maximum atomic E-state index is 13.8. The summed E-state index contributed by atoms with van der Waals surface area (Å²) in [6.07, 6.45) is 0.239. The first-order valence-corrected chi connectivity index (χ1v) is 9.32. The summed E-state index contributed by atoms with van der Waals surface area (Å²) >= 11 is 0. The Hall–Kier alpha value is -2.51. The standard InChI is InChI=1S/C21H22F2N2O3/c1-28-16-4-7-21(27)24(12-16)10-15(26)11-25-19-5-2-13(22)8-17(19)18-9-14(23)3-6-20(18)25/h2-3,5-6,8-9,15-16,26H,4,7,10-12H2,1H3. The van der Waals surface area contributed by atoms with Gasteiger partial charge in [0.05, 0.1) is 18.8 Å². The zero-order valence-corrected chi connectivity index (χ0v) is 15.6. The number of amides is 1. The number of ether oxygens (including phenoxy) is 1. The number of aliphatic hydroxyl groups is 1. The van der Waals surface area contributed by atoms with Crippen LogP contribution in [0.5, 0.6) is 0 Å². The van der Waals surface area contributed by atoms with Crippen molar-refractivity contribution in [1.82, 2.24) is 9.47 Å². The molecule has 2 atom stereocenters. The largest absolute Gasteiger partial charge is 0.389 e. The first-order valence-electron chi connectivity index (χ1n) is 9.32. The van der Waals surface area contributed by atoms with E-state index in [2.05, 4.69) is 0 Å². The van der Waals surface area contributed by atoms with Crippen LogP contribution in [0.3, 0.4) is 0 Å². The SMILES string of the molecule is COC1CCC(=O)N(CC(O)Cn2c3ccc(F)cc3c3cc(F)ccc32)C1. The first kappa shape index (κ1) is 18.8. The quantitative estimate of drug-likeness (QED) is 0.731. The van der Waals surface area contributed by atoms with Crippen molar-refractivity contribution < 1.29 is 23.4 Å². The average Bonchev–Trinajstić information content (AvgIpc) is 2.96. The molecule has 3 aromatic rings. The van der Waals surface area contributed by atoms with Crippen LogP contribution in [0, 0.1) is 11.6 Å². The van der Waals surface area contributed by atoms with E-state index in [1.807, 2.05) is 4.57 Å². The Bertz CT molecular complexity index is 974. The zero-order chi connectivity index (χ0) is 19.8. The van der Waals surface area contributed by atoms with Crippen LogP contribution in [0.2, 0.25) is 0 Å². The van der Waals surface area contributed by atoms with Gasteiger partial charge in [-0.1, -0.05) is 0 Å². The van der Waals surface area contributed by atoms with Crippen LogP contribution in [0.25, 0.3) is 21.8 Å². The van der Waals surface area contributed by atoms with Crippen LogP contribution in [-0.2, 0) is 16.1 Å². The highest BCUT2D eigenvalue weighted by molar-refractivity contribution is 6.08. The molecule has 0 bridgehead atoms. The third-order valence-electron chi connectivity index (χ3n) is 5.40. The molecular formula is C21H22F2N2O3. The van der Waals surface area contributed by atoms with Gasteiger partial charge in [0.2, 0.25) is 5.91 Å². The highest BCUT2D eigenvalue weighted by Crippen LogP contribution is 2.30. The van der Waals surface area contributed by atoms with Crippen LogP contribution in [0.15, 0.2) is 36.4 Å². The summed E-state index contributed by atoms with van der Waals surface area (Å²) in [5.41, 5.74) is 1.42. The van der Waals surface area contributed by atoms with Gasteiger partial charge in [-0.25, -0.2) is 8.78 Å². The lowest BCUT2D eigenvalue weighted by atomic mass is 10.1. The summed E-state index contributed by atoms with van der Waals surface area (Å²) in [6.45, 7) is 0.844. The van der Waals surface area contributed by atoms with E-state index in [9.17, 15) is 18.7 Å². The van der Waals surface area contributed by atoms with Crippen LogP contribution in [0.4, 0.5) is 8.78 Å². The topological polar surface area (TPSA) is 54.7 Å². The van der Waals surface area contributed by atoms with E-state index in [0.717, 1.165) is 0 Å². The monoisotopic (exact) mass is 388 g/mol. The van der Waals surface area contributed by atoms with Crippen molar-refractivity contribution >= 4 is 27.7 Å². The number of piperidine rings is 1. The van der Waals surface area contributed by atoms with Crippen molar-refractivity contribution in [2.45, 2.75) is 31.6 Å². The minimum Gasteiger partial charge on any atom is -0.389 e. The van der Waals surface area contributed by atoms with Crippen LogP contribution < -0.4 is 0 Å². The van der Waals surface area contributed by atoms with E-state index in [4.69, 9.17) is 4.74 Å². The summed E-state index contributed by atoms with van der Waals surface area (Å²) < 4.78 is 34.7. The maximum absolute atomic E-state index is 13.8. The molecule has 2 unspecified atom stereocenters. The molecule has 2 heterocycles. The number of nitrogens with zero attached hydrogens (tertiary/aromatic N) is 2. The third-order valence-corrected chi connectivity index (χ3v) is 5.40. The van der Waals surface area contributed by atoms with E-state index in [1.54, 1.807) is 24.1 Å². The predicted molar refractivity (Wildman–Crippen MR) is 102 cm³/mol. The second-order valence-electron chi connectivity index (χ2n) is 7.28. The number of likely N-dealkylation sites (tertiary alicyclic amines) is 1. The number of hydrogen-bond acceptors (Lipinski definition) is 3. The average molecular weight is 388 g/mol.